The highest BCUT2D eigenvalue weighted by atomic mass is 16.5. The number of benzene rings is 1. The second kappa shape index (κ2) is 6.61. The van der Waals surface area contributed by atoms with Crippen LogP contribution in [-0.4, -0.2) is 49.3 Å². The van der Waals surface area contributed by atoms with Crippen LogP contribution in [0, 0.1) is 0 Å². The minimum atomic E-state index is -0.970. The average Bonchev–Trinajstić information content (AvgIpc) is 2.46. The van der Waals surface area contributed by atoms with Crippen LogP contribution < -0.4 is 9.47 Å². The minimum absolute atomic E-state index is 0.198. The zero-order chi connectivity index (χ0) is 14.5. The van der Waals surface area contributed by atoms with E-state index < -0.39 is 5.97 Å². The van der Waals surface area contributed by atoms with Gasteiger partial charge in [0.05, 0.1) is 12.7 Å². The molecule has 1 aromatic rings. The quantitative estimate of drug-likeness (QED) is 0.896. The highest BCUT2D eigenvalue weighted by Gasteiger charge is 2.20. The van der Waals surface area contributed by atoms with E-state index in [1.165, 1.54) is 32.1 Å². The summed E-state index contributed by atoms with van der Waals surface area (Å²) in [6.07, 6.45) is 3.60. The Balaban J connectivity index is 2.03. The van der Waals surface area contributed by atoms with Gasteiger partial charge in [-0.2, -0.15) is 0 Å². The third-order valence-electron chi connectivity index (χ3n) is 3.76. The molecular weight excluding hydrogens is 258 g/mol. The molecule has 1 fully saturated rings. The van der Waals surface area contributed by atoms with Crippen LogP contribution in [0.4, 0.5) is 0 Å². The van der Waals surface area contributed by atoms with Gasteiger partial charge in [0, 0.05) is 6.04 Å². The number of carboxylic acids is 1. The number of likely N-dealkylation sites (tertiary alicyclic amines) is 1. The van der Waals surface area contributed by atoms with Crippen molar-refractivity contribution in [3.8, 4) is 11.5 Å². The standard InChI is InChI=1S/C15H21NO4/c1-16-8-4-3-5-12(16)10-20-13-7-6-11(15(17)18)9-14(13)19-2/h6-7,9,12H,3-5,8,10H2,1-2H3,(H,17,18). The molecule has 0 aliphatic carbocycles. The first-order chi connectivity index (χ1) is 9.61. The van der Waals surface area contributed by atoms with Gasteiger partial charge in [0.1, 0.15) is 6.61 Å². The van der Waals surface area contributed by atoms with E-state index >= 15 is 0 Å². The Labute approximate surface area is 119 Å². The fraction of sp³-hybridized carbons (Fsp3) is 0.533. The number of carboxylic acid groups (broad SMARTS) is 1. The molecule has 0 radical (unpaired) electrons. The van der Waals surface area contributed by atoms with E-state index in [4.69, 9.17) is 14.6 Å². The van der Waals surface area contributed by atoms with Gasteiger partial charge >= 0.3 is 5.97 Å². The number of nitrogens with zero attached hydrogens (tertiary/aromatic N) is 1. The van der Waals surface area contributed by atoms with Crippen molar-refractivity contribution in [1.29, 1.82) is 0 Å². The average molecular weight is 279 g/mol. The third-order valence-corrected chi connectivity index (χ3v) is 3.76. The number of aromatic carboxylic acids is 1. The van der Waals surface area contributed by atoms with Crippen molar-refractivity contribution in [1.82, 2.24) is 4.90 Å². The molecule has 5 nitrogen and oxygen atoms in total. The predicted octanol–water partition coefficient (Wildman–Crippen LogP) is 2.26. The smallest absolute Gasteiger partial charge is 0.335 e. The zero-order valence-corrected chi connectivity index (χ0v) is 12.0. The molecule has 110 valence electrons. The Bertz CT molecular complexity index is 475. The van der Waals surface area contributed by atoms with Crippen molar-refractivity contribution in [2.45, 2.75) is 25.3 Å². The molecule has 1 aromatic carbocycles. The van der Waals surface area contributed by atoms with Gasteiger partial charge in [-0.15, -0.1) is 0 Å². The first-order valence-corrected chi connectivity index (χ1v) is 6.86. The Morgan fingerprint density at radius 1 is 1.40 bits per heavy atom. The number of methoxy groups -OCH3 is 1. The molecule has 1 saturated heterocycles. The molecule has 1 atom stereocenters. The maximum Gasteiger partial charge on any atom is 0.335 e. The van der Waals surface area contributed by atoms with Crippen molar-refractivity contribution in [2.24, 2.45) is 0 Å². The summed E-state index contributed by atoms with van der Waals surface area (Å²) in [6.45, 7) is 1.70. The van der Waals surface area contributed by atoms with Crippen LogP contribution in [0.2, 0.25) is 0 Å². The first kappa shape index (κ1) is 14.7. The van der Waals surface area contributed by atoms with Crippen LogP contribution in [-0.2, 0) is 0 Å². The number of hydrogen-bond donors (Lipinski definition) is 1. The Kier molecular flexibility index (Phi) is 4.84. The molecule has 0 spiro atoms. The Hall–Kier alpha value is -1.75. The second-order valence-corrected chi connectivity index (χ2v) is 5.11. The minimum Gasteiger partial charge on any atom is -0.493 e. The predicted molar refractivity (Wildman–Crippen MR) is 75.7 cm³/mol. The van der Waals surface area contributed by atoms with E-state index in [1.54, 1.807) is 6.07 Å². The number of hydrogen-bond acceptors (Lipinski definition) is 4. The number of carbonyl (C=O) groups is 1. The third kappa shape index (κ3) is 3.42. The lowest BCUT2D eigenvalue weighted by Gasteiger charge is -2.32. The summed E-state index contributed by atoms with van der Waals surface area (Å²) in [5, 5.41) is 8.96. The Morgan fingerprint density at radius 3 is 2.85 bits per heavy atom. The van der Waals surface area contributed by atoms with E-state index in [9.17, 15) is 4.79 Å². The highest BCUT2D eigenvalue weighted by molar-refractivity contribution is 5.88. The number of likely N-dealkylation sites (N-methyl/N-ethyl adjacent to an activating group) is 1. The fourth-order valence-electron chi connectivity index (χ4n) is 2.46. The molecule has 0 aromatic heterocycles. The van der Waals surface area contributed by atoms with Crippen molar-refractivity contribution in [3.63, 3.8) is 0 Å². The van der Waals surface area contributed by atoms with Gasteiger partial charge < -0.3 is 19.5 Å². The monoisotopic (exact) mass is 279 g/mol. The van der Waals surface area contributed by atoms with Crippen molar-refractivity contribution in [3.05, 3.63) is 23.8 Å². The number of piperidine rings is 1. The van der Waals surface area contributed by atoms with E-state index in [0.29, 0.717) is 24.1 Å². The van der Waals surface area contributed by atoms with Gasteiger partial charge in [-0.3, -0.25) is 0 Å². The molecule has 1 N–H and O–H groups in total. The van der Waals surface area contributed by atoms with E-state index in [1.807, 2.05) is 0 Å². The molecule has 1 heterocycles. The summed E-state index contributed by atoms with van der Waals surface area (Å²) in [5.74, 6) is 0.0849. The maximum absolute atomic E-state index is 10.9. The van der Waals surface area contributed by atoms with Gasteiger partial charge in [0.25, 0.3) is 0 Å². The summed E-state index contributed by atoms with van der Waals surface area (Å²) in [5.41, 5.74) is 0.198. The number of ether oxygens (including phenoxy) is 2. The molecule has 1 unspecified atom stereocenters. The molecule has 20 heavy (non-hydrogen) atoms. The molecule has 2 rings (SSSR count). The van der Waals surface area contributed by atoms with Gasteiger partial charge in [-0.05, 0) is 44.6 Å². The molecule has 1 aliphatic heterocycles. The van der Waals surface area contributed by atoms with E-state index in [0.717, 1.165) is 13.0 Å². The summed E-state index contributed by atoms with van der Waals surface area (Å²) in [6, 6.07) is 5.09. The molecular formula is C15H21NO4. The summed E-state index contributed by atoms with van der Waals surface area (Å²) >= 11 is 0. The fourth-order valence-corrected chi connectivity index (χ4v) is 2.46. The molecule has 0 amide bonds. The van der Waals surface area contributed by atoms with Crippen LogP contribution in [0.3, 0.4) is 0 Å². The summed E-state index contributed by atoms with van der Waals surface area (Å²) < 4.78 is 11.0. The van der Waals surface area contributed by atoms with Gasteiger partial charge in [-0.25, -0.2) is 4.79 Å². The van der Waals surface area contributed by atoms with Crippen molar-refractivity contribution >= 4 is 5.97 Å². The van der Waals surface area contributed by atoms with Crippen LogP contribution in [0.5, 0.6) is 11.5 Å². The lowest BCUT2D eigenvalue weighted by molar-refractivity contribution is 0.0696. The topological polar surface area (TPSA) is 59.0 Å². The van der Waals surface area contributed by atoms with Gasteiger partial charge in [0.2, 0.25) is 0 Å². The lowest BCUT2D eigenvalue weighted by Crippen LogP contribution is -2.40. The van der Waals surface area contributed by atoms with Crippen LogP contribution in [0.1, 0.15) is 29.6 Å². The normalized spacial score (nSPS) is 19.6. The first-order valence-electron chi connectivity index (χ1n) is 6.86. The maximum atomic E-state index is 10.9. The lowest BCUT2D eigenvalue weighted by atomic mass is 10.0. The molecule has 1 aliphatic rings. The van der Waals surface area contributed by atoms with Crippen molar-refractivity contribution in [2.75, 3.05) is 27.3 Å². The van der Waals surface area contributed by atoms with Gasteiger partial charge in [-0.1, -0.05) is 6.42 Å². The van der Waals surface area contributed by atoms with E-state index in [2.05, 4.69) is 11.9 Å². The Morgan fingerprint density at radius 2 is 2.20 bits per heavy atom. The van der Waals surface area contributed by atoms with Crippen LogP contribution in [0.15, 0.2) is 18.2 Å². The summed E-state index contributed by atoms with van der Waals surface area (Å²) in [4.78, 5) is 13.2. The van der Waals surface area contributed by atoms with Crippen molar-refractivity contribution < 1.29 is 19.4 Å². The zero-order valence-electron chi connectivity index (χ0n) is 12.0. The molecule has 5 heteroatoms. The highest BCUT2D eigenvalue weighted by Crippen LogP contribution is 2.29. The van der Waals surface area contributed by atoms with Crippen LogP contribution >= 0.6 is 0 Å². The number of rotatable bonds is 5. The SMILES string of the molecule is COc1cc(C(=O)O)ccc1OCC1CCCCN1C. The largest absolute Gasteiger partial charge is 0.493 e. The molecule has 0 bridgehead atoms. The van der Waals surface area contributed by atoms with Crippen LogP contribution in [0.25, 0.3) is 0 Å². The second-order valence-electron chi connectivity index (χ2n) is 5.11. The van der Waals surface area contributed by atoms with E-state index in [-0.39, 0.29) is 5.56 Å². The van der Waals surface area contributed by atoms with Gasteiger partial charge in [0.15, 0.2) is 11.5 Å². The molecule has 0 saturated carbocycles. The summed E-state index contributed by atoms with van der Waals surface area (Å²) in [7, 11) is 3.62.